The highest BCUT2D eigenvalue weighted by molar-refractivity contribution is 4.90. The average molecular weight is 239 g/mol. The molecule has 1 N–H and O–H groups in total. The van der Waals surface area contributed by atoms with E-state index in [1.54, 1.807) is 0 Å². The summed E-state index contributed by atoms with van der Waals surface area (Å²) in [4.78, 5) is 0. The van der Waals surface area contributed by atoms with Gasteiger partial charge in [0.05, 0.1) is 6.61 Å². The molecule has 17 heavy (non-hydrogen) atoms. The van der Waals surface area contributed by atoms with Crippen LogP contribution in [0.3, 0.4) is 0 Å². The summed E-state index contributed by atoms with van der Waals surface area (Å²) in [6.07, 6.45) is 9.41. The van der Waals surface area contributed by atoms with Gasteiger partial charge in [0, 0.05) is 24.6 Å². The Balaban J connectivity index is 1.89. The predicted molar refractivity (Wildman–Crippen MR) is 72.2 cm³/mol. The molecule has 0 amide bonds. The van der Waals surface area contributed by atoms with Crippen molar-refractivity contribution in [2.24, 2.45) is 11.3 Å². The van der Waals surface area contributed by atoms with Gasteiger partial charge in [-0.15, -0.1) is 0 Å². The molecular formula is C15H29NO. The summed E-state index contributed by atoms with van der Waals surface area (Å²) in [7, 11) is 0. The highest BCUT2D eigenvalue weighted by Crippen LogP contribution is 2.37. The molecule has 2 rings (SSSR count). The van der Waals surface area contributed by atoms with Crippen molar-refractivity contribution in [3.8, 4) is 0 Å². The number of hydrogen-bond donors (Lipinski definition) is 1. The fourth-order valence-electron chi connectivity index (χ4n) is 3.12. The topological polar surface area (TPSA) is 21.3 Å². The van der Waals surface area contributed by atoms with Crippen molar-refractivity contribution < 1.29 is 4.74 Å². The van der Waals surface area contributed by atoms with Crippen molar-refractivity contribution >= 4 is 0 Å². The van der Waals surface area contributed by atoms with E-state index in [1.807, 2.05) is 0 Å². The molecule has 0 aromatic carbocycles. The van der Waals surface area contributed by atoms with Gasteiger partial charge in [-0.3, -0.25) is 0 Å². The Morgan fingerprint density at radius 1 is 1.29 bits per heavy atom. The zero-order chi connectivity index (χ0) is 12.1. The molecule has 0 radical (unpaired) electrons. The van der Waals surface area contributed by atoms with Crippen LogP contribution in [0.15, 0.2) is 0 Å². The lowest BCUT2D eigenvalue weighted by molar-refractivity contribution is -0.0214. The van der Waals surface area contributed by atoms with E-state index in [9.17, 15) is 0 Å². The highest BCUT2D eigenvalue weighted by Gasteiger charge is 2.36. The van der Waals surface area contributed by atoms with Crippen LogP contribution in [0.25, 0.3) is 0 Å². The Morgan fingerprint density at radius 3 is 2.59 bits per heavy atom. The van der Waals surface area contributed by atoms with Crippen LogP contribution in [0, 0.1) is 11.3 Å². The molecule has 1 heterocycles. The first-order valence-electron chi connectivity index (χ1n) is 7.59. The molecule has 2 heteroatoms. The van der Waals surface area contributed by atoms with Crippen molar-refractivity contribution in [1.82, 2.24) is 5.32 Å². The average Bonchev–Trinajstić information content (AvgIpc) is 3.19. The van der Waals surface area contributed by atoms with Crippen LogP contribution in [0.2, 0.25) is 0 Å². The largest absolute Gasteiger partial charge is 0.381 e. The van der Waals surface area contributed by atoms with E-state index in [0.717, 1.165) is 25.2 Å². The summed E-state index contributed by atoms with van der Waals surface area (Å²) >= 11 is 0. The molecule has 2 fully saturated rings. The Kier molecular flexibility index (Phi) is 4.87. The summed E-state index contributed by atoms with van der Waals surface area (Å²) in [6.45, 7) is 7.82. The van der Waals surface area contributed by atoms with E-state index in [4.69, 9.17) is 4.74 Å². The van der Waals surface area contributed by atoms with Gasteiger partial charge >= 0.3 is 0 Å². The van der Waals surface area contributed by atoms with Gasteiger partial charge in [0.1, 0.15) is 0 Å². The minimum atomic E-state index is 0.442. The lowest BCUT2D eigenvalue weighted by atomic mass is 9.74. The molecule has 1 atom stereocenters. The standard InChI is InChI=1S/C15H29NO/c1-3-13(4-2)10-15(8-5-9-17-12-15)11-16-14-6-7-14/h13-14,16H,3-12H2,1-2H3. The Hall–Kier alpha value is -0.0800. The van der Waals surface area contributed by atoms with Crippen LogP contribution in [0.4, 0.5) is 0 Å². The minimum absolute atomic E-state index is 0.442. The smallest absolute Gasteiger partial charge is 0.0534 e. The number of ether oxygens (including phenoxy) is 1. The molecule has 0 aromatic heterocycles. The minimum Gasteiger partial charge on any atom is -0.381 e. The third-order valence-corrected chi connectivity index (χ3v) is 4.62. The zero-order valence-electron chi connectivity index (χ0n) is 11.6. The maximum atomic E-state index is 5.79. The second-order valence-corrected chi connectivity index (χ2v) is 6.20. The summed E-state index contributed by atoms with van der Waals surface area (Å²) in [6, 6.07) is 0.829. The molecule has 100 valence electrons. The lowest BCUT2D eigenvalue weighted by Gasteiger charge is -2.39. The second-order valence-electron chi connectivity index (χ2n) is 6.20. The molecular weight excluding hydrogens is 210 g/mol. The van der Waals surface area contributed by atoms with Crippen molar-refractivity contribution in [2.75, 3.05) is 19.8 Å². The van der Waals surface area contributed by atoms with Crippen molar-refractivity contribution in [1.29, 1.82) is 0 Å². The molecule has 1 aliphatic carbocycles. The third-order valence-electron chi connectivity index (χ3n) is 4.62. The molecule has 1 saturated heterocycles. The zero-order valence-corrected chi connectivity index (χ0v) is 11.6. The van der Waals surface area contributed by atoms with Crippen LogP contribution < -0.4 is 5.32 Å². The monoisotopic (exact) mass is 239 g/mol. The van der Waals surface area contributed by atoms with Crippen LogP contribution in [0.5, 0.6) is 0 Å². The van der Waals surface area contributed by atoms with Crippen molar-refractivity contribution in [3.05, 3.63) is 0 Å². The molecule has 0 spiro atoms. The molecule has 0 aromatic rings. The van der Waals surface area contributed by atoms with Crippen molar-refractivity contribution in [2.45, 2.75) is 64.8 Å². The van der Waals surface area contributed by atoms with E-state index >= 15 is 0 Å². The van der Waals surface area contributed by atoms with E-state index in [0.29, 0.717) is 5.41 Å². The van der Waals surface area contributed by atoms with Crippen LogP contribution in [-0.2, 0) is 4.74 Å². The van der Waals surface area contributed by atoms with Gasteiger partial charge in [0.2, 0.25) is 0 Å². The Morgan fingerprint density at radius 2 is 2.06 bits per heavy atom. The summed E-state index contributed by atoms with van der Waals surface area (Å²) in [5.41, 5.74) is 0.442. The van der Waals surface area contributed by atoms with Crippen LogP contribution in [0.1, 0.15) is 58.8 Å². The maximum Gasteiger partial charge on any atom is 0.0534 e. The number of nitrogens with one attached hydrogen (secondary N) is 1. The first kappa shape index (κ1) is 13.4. The first-order chi connectivity index (χ1) is 8.28. The molecule has 1 aliphatic heterocycles. The molecule has 2 aliphatic rings. The fraction of sp³-hybridized carbons (Fsp3) is 1.00. The molecule has 0 bridgehead atoms. The van der Waals surface area contributed by atoms with Gasteiger partial charge in [-0.2, -0.15) is 0 Å². The molecule has 1 unspecified atom stereocenters. The van der Waals surface area contributed by atoms with Gasteiger partial charge in [-0.05, 0) is 38.0 Å². The Bertz CT molecular complexity index is 215. The number of rotatable bonds is 7. The molecule has 2 nitrogen and oxygen atoms in total. The van der Waals surface area contributed by atoms with E-state index < -0.39 is 0 Å². The lowest BCUT2D eigenvalue weighted by Crippen LogP contribution is -2.43. The Labute approximate surface area is 107 Å². The van der Waals surface area contributed by atoms with Crippen LogP contribution in [-0.4, -0.2) is 25.8 Å². The molecule has 1 saturated carbocycles. The second kappa shape index (κ2) is 6.19. The van der Waals surface area contributed by atoms with Crippen LogP contribution >= 0.6 is 0 Å². The summed E-state index contributed by atoms with van der Waals surface area (Å²) in [5, 5.41) is 3.74. The summed E-state index contributed by atoms with van der Waals surface area (Å²) < 4.78 is 5.79. The van der Waals surface area contributed by atoms with E-state index in [1.165, 1.54) is 51.5 Å². The van der Waals surface area contributed by atoms with Gasteiger partial charge < -0.3 is 10.1 Å². The fourth-order valence-corrected chi connectivity index (χ4v) is 3.12. The first-order valence-corrected chi connectivity index (χ1v) is 7.59. The third kappa shape index (κ3) is 3.96. The van der Waals surface area contributed by atoms with Gasteiger partial charge in [-0.25, -0.2) is 0 Å². The summed E-state index contributed by atoms with van der Waals surface area (Å²) in [5.74, 6) is 0.887. The van der Waals surface area contributed by atoms with Crippen molar-refractivity contribution in [3.63, 3.8) is 0 Å². The van der Waals surface area contributed by atoms with Gasteiger partial charge in [0.15, 0.2) is 0 Å². The highest BCUT2D eigenvalue weighted by atomic mass is 16.5. The van der Waals surface area contributed by atoms with Gasteiger partial charge in [-0.1, -0.05) is 26.7 Å². The maximum absolute atomic E-state index is 5.79. The van der Waals surface area contributed by atoms with E-state index in [2.05, 4.69) is 19.2 Å². The quantitative estimate of drug-likeness (QED) is 0.735. The van der Waals surface area contributed by atoms with Gasteiger partial charge in [0.25, 0.3) is 0 Å². The van der Waals surface area contributed by atoms with E-state index in [-0.39, 0.29) is 0 Å². The SMILES string of the molecule is CCC(CC)CC1(CNC2CC2)CCCOC1. The normalized spacial score (nSPS) is 29.8. The number of hydrogen-bond acceptors (Lipinski definition) is 2. The predicted octanol–water partition coefficient (Wildman–Crippen LogP) is 3.36.